The van der Waals surface area contributed by atoms with Crippen LogP contribution in [0.15, 0.2) is 0 Å². The minimum atomic E-state index is -2.89. The summed E-state index contributed by atoms with van der Waals surface area (Å²) in [4.78, 5) is 0. The molecular weight excluding hydrogens is 274 g/mol. The molecular formula is C15H31NO3S. The van der Waals surface area contributed by atoms with Crippen molar-refractivity contribution in [3.63, 3.8) is 0 Å². The lowest BCUT2D eigenvalue weighted by molar-refractivity contribution is -0.0797. The van der Waals surface area contributed by atoms with Gasteiger partial charge in [0.2, 0.25) is 0 Å². The lowest BCUT2D eigenvalue weighted by Crippen LogP contribution is -2.52. The van der Waals surface area contributed by atoms with E-state index < -0.39 is 9.84 Å². The van der Waals surface area contributed by atoms with Crippen molar-refractivity contribution >= 4 is 9.84 Å². The summed E-state index contributed by atoms with van der Waals surface area (Å²) in [6, 6.07) is -0.0735. The van der Waals surface area contributed by atoms with Gasteiger partial charge in [-0.15, -0.1) is 0 Å². The maximum absolute atomic E-state index is 11.5. The van der Waals surface area contributed by atoms with Crippen LogP contribution in [0.2, 0.25) is 0 Å². The Morgan fingerprint density at radius 2 is 1.75 bits per heavy atom. The minimum absolute atomic E-state index is 0.0735. The van der Waals surface area contributed by atoms with Gasteiger partial charge in [0.25, 0.3) is 0 Å². The molecule has 1 rings (SSSR count). The minimum Gasteiger partial charge on any atom is -0.377 e. The summed E-state index contributed by atoms with van der Waals surface area (Å²) >= 11 is 0. The first kappa shape index (κ1) is 17.9. The second-order valence-corrected chi connectivity index (χ2v) is 9.39. The molecule has 0 heterocycles. The quantitative estimate of drug-likeness (QED) is 0.784. The zero-order valence-electron chi connectivity index (χ0n) is 13.4. The molecule has 2 N–H and O–H groups in total. The van der Waals surface area contributed by atoms with Crippen molar-refractivity contribution in [1.82, 2.24) is 0 Å². The molecule has 1 atom stereocenters. The van der Waals surface area contributed by atoms with Gasteiger partial charge in [-0.2, -0.15) is 0 Å². The van der Waals surface area contributed by atoms with Crippen LogP contribution in [0.4, 0.5) is 0 Å². The molecule has 20 heavy (non-hydrogen) atoms. The highest BCUT2D eigenvalue weighted by Gasteiger charge is 2.42. The summed E-state index contributed by atoms with van der Waals surface area (Å²) in [5.41, 5.74) is 6.44. The lowest BCUT2D eigenvalue weighted by Gasteiger charge is -2.46. The van der Waals surface area contributed by atoms with Gasteiger partial charge in [0.15, 0.2) is 0 Å². The van der Waals surface area contributed by atoms with Gasteiger partial charge < -0.3 is 10.5 Å². The van der Waals surface area contributed by atoms with Crippen LogP contribution in [-0.4, -0.2) is 38.7 Å². The molecule has 0 saturated heterocycles. The molecule has 0 amide bonds. The van der Waals surface area contributed by atoms with Gasteiger partial charge in [-0.25, -0.2) is 8.42 Å². The van der Waals surface area contributed by atoms with E-state index in [0.29, 0.717) is 18.3 Å². The average molecular weight is 305 g/mol. The maximum Gasteiger partial charge on any atom is 0.150 e. The van der Waals surface area contributed by atoms with Crippen LogP contribution in [0.25, 0.3) is 0 Å². The highest BCUT2D eigenvalue weighted by molar-refractivity contribution is 7.91. The van der Waals surface area contributed by atoms with Crippen LogP contribution in [0.5, 0.6) is 0 Å². The van der Waals surface area contributed by atoms with Crippen LogP contribution in [0.3, 0.4) is 0 Å². The SMILES string of the molecule is CCS(=O)(=O)CCCC(N)C1(OC)CCC(C)(C)CC1. The predicted octanol–water partition coefficient (Wildman–Crippen LogP) is 2.51. The molecule has 4 nitrogen and oxygen atoms in total. The van der Waals surface area contributed by atoms with Crippen molar-refractivity contribution in [2.75, 3.05) is 18.6 Å². The molecule has 120 valence electrons. The monoisotopic (exact) mass is 305 g/mol. The molecule has 1 aliphatic carbocycles. The molecule has 0 aliphatic heterocycles. The van der Waals surface area contributed by atoms with Crippen LogP contribution in [0, 0.1) is 5.41 Å². The maximum atomic E-state index is 11.5. The van der Waals surface area contributed by atoms with Crippen molar-refractivity contribution in [2.45, 2.75) is 70.9 Å². The number of rotatable bonds is 7. The standard InChI is InChI=1S/C15H31NO3S/c1-5-20(17,18)12-6-7-13(16)15(19-4)10-8-14(2,3)9-11-15/h13H,5-12,16H2,1-4H3. The molecule has 5 heteroatoms. The molecule has 0 bridgehead atoms. The van der Waals surface area contributed by atoms with Crippen LogP contribution >= 0.6 is 0 Å². The highest BCUT2D eigenvalue weighted by atomic mass is 32.2. The van der Waals surface area contributed by atoms with E-state index in [1.807, 2.05) is 0 Å². The van der Waals surface area contributed by atoms with Gasteiger partial charge in [-0.1, -0.05) is 20.8 Å². The van der Waals surface area contributed by atoms with Crippen molar-refractivity contribution in [3.8, 4) is 0 Å². The third-order valence-electron chi connectivity index (χ3n) is 4.94. The first-order valence-corrected chi connectivity index (χ1v) is 9.50. The molecule has 0 aromatic heterocycles. The molecule has 0 radical (unpaired) electrons. The second-order valence-electron chi connectivity index (χ2n) is 6.92. The first-order valence-electron chi connectivity index (χ1n) is 7.67. The lowest BCUT2D eigenvalue weighted by atomic mass is 9.68. The number of hydrogen-bond acceptors (Lipinski definition) is 4. The zero-order valence-corrected chi connectivity index (χ0v) is 14.3. The fourth-order valence-electron chi connectivity index (χ4n) is 3.01. The fourth-order valence-corrected chi connectivity index (χ4v) is 3.90. The van der Waals surface area contributed by atoms with Gasteiger partial charge in [-0.05, 0) is 43.9 Å². The first-order chi connectivity index (χ1) is 9.16. The Labute approximate surface area is 124 Å². The summed E-state index contributed by atoms with van der Waals surface area (Å²) in [5.74, 6) is 0.453. The van der Waals surface area contributed by atoms with Crippen molar-refractivity contribution in [2.24, 2.45) is 11.1 Å². The van der Waals surface area contributed by atoms with Gasteiger partial charge in [0.05, 0.1) is 11.4 Å². The molecule has 0 spiro atoms. The summed E-state index contributed by atoms with van der Waals surface area (Å²) in [5, 5.41) is 0. The number of sulfone groups is 1. The van der Waals surface area contributed by atoms with Crippen LogP contribution in [-0.2, 0) is 14.6 Å². The fraction of sp³-hybridized carbons (Fsp3) is 1.00. The van der Waals surface area contributed by atoms with E-state index >= 15 is 0 Å². The van der Waals surface area contributed by atoms with E-state index in [1.54, 1.807) is 14.0 Å². The Morgan fingerprint density at radius 3 is 2.20 bits per heavy atom. The molecule has 1 aliphatic rings. The summed E-state index contributed by atoms with van der Waals surface area (Å²) < 4.78 is 28.8. The smallest absolute Gasteiger partial charge is 0.150 e. The van der Waals surface area contributed by atoms with E-state index in [0.717, 1.165) is 25.7 Å². The van der Waals surface area contributed by atoms with Gasteiger partial charge in [-0.3, -0.25) is 0 Å². The Hall–Kier alpha value is -0.130. The Kier molecular flexibility index (Phi) is 6.05. The number of ether oxygens (including phenoxy) is 1. The molecule has 0 aromatic rings. The zero-order chi connectivity index (χ0) is 15.4. The predicted molar refractivity (Wildman–Crippen MR) is 83.5 cm³/mol. The Bertz CT molecular complexity index is 393. The number of methoxy groups -OCH3 is 1. The van der Waals surface area contributed by atoms with Crippen molar-refractivity contribution < 1.29 is 13.2 Å². The van der Waals surface area contributed by atoms with Crippen molar-refractivity contribution in [1.29, 1.82) is 0 Å². The van der Waals surface area contributed by atoms with Gasteiger partial charge in [0, 0.05) is 18.9 Å². The van der Waals surface area contributed by atoms with E-state index in [4.69, 9.17) is 10.5 Å². The van der Waals surface area contributed by atoms with Gasteiger partial charge >= 0.3 is 0 Å². The Balaban J connectivity index is 2.54. The van der Waals surface area contributed by atoms with Gasteiger partial charge in [0.1, 0.15) is 9.84 Å². The molecule has 1 fully saturated rings. The summed E-state index contributed by atoms with van der Waals surface area (Å²) in [6.45, 7) is 6.26. The number of hydrogen-bond donors (Lipinski definition) is 1. The van der Waals surface area contributed by atoms with E-state index in [2.05, 4.69) is 13.8 Å². The molecule has 1 unspecified atom stereocenters. The normalized spacial score (nSPS) is 23.4. The van der Waals surface area contributed by atoms with Crippen LogP contribution in [0.1, 0.15) is 59.3 Å². The molecule has 0 aromatic carbocycles. The highest BCUT2D eigenvalue weighted by Crippen LogP contribution is 2.43. The van der Waals surface area contributed by atoms with Crippen molar-refractivity contribution in [3.05, 3.63) is 0 Å². The Morgan fingerprint density at radius 1 is 1.20 bits per heavy atom. The topological polar surface area (TPSA) is 69.4 Å². The third-order valence-corrected chi connectivity index (χ3v) is 6.73. The summed E-state index contributed by atoms with van der Waals surface area (Å²) in [6.07, 6.45) is 5.51. The van der Waals surface area contributed by atoms with E-state index in [9.17, 15) is 8.42 Å². The van der Waals surface area contributed by atoms with Crippen LogP contribution < -0.4 is 5.73 Å². The third kappa shape index (κ3) is 4.71. The second kappa shape index (κ2) is 6.75. The number of nitrogens with two attached hydrogens (primary N) is 1. The average Bonchev–Trinajstić information content (AvgIpc) is 2.39. The van der Waals surface area contributed by atoms with E-state index in [1.165, 1.54) is 0 Å². The molecule has 1 saturated carbocycles. The largest absolute Gasteiger partial charge is 0.377 e. The van der Waals surface area contributed by atoms with E-state index in [-0.39, 0.29) is 23.1 Å². The summed E-state index contributed by atoms with van der Waals surface area (Å²) in [7, 11) is -1.15.